The van der Waals surface area contributed by atoms with Crippen LogP contribution in [0.15, 0.2) is 91.0 Å². The molecule has 202 valence electrons. The zero-order chi connectivity index (χ0) is 27.4. The van der Waals surface area contributed by atoms with Gasteiger partial charge >= 0.3 is 6.03 Å². The molecule has 5 rings (SSSR count). The molecule has 0 unspecified atom stereocenters. The number of urea groups is 1. The van der Waals surface area contributed by atoms with E-state index in [2.05, 4.69) is 5.32 Å². The van der Waals surface area contributed by atoms with Crippen LogP contribution >= 0.6 is 0 Å². The number of fused-ring (bicyclic) bond motifs is 1. The molecule has 39 heavy (non-hydrogen) atoms. The Morgan fingerprint density at radius 3 is 2.10 bits per heavy atom. The predicted octanol–water partition coefficient (Wildman–Crippen LogP) is 3.82. The van der Waals surface area contributed by atoms with E-state index in [-0.39, 0.29) is 37.0 Å². The van der Waals surface area contributed by atoms with E-state index in [1.807, 2.05) is 110 Å². The molecule has 0 aromatic heterocycles. The molecule has 4 amide bonds. The number of amides is 4. The van der Waals surface area contributed by atoms with Gasteiger partial charge in [0, 0.05) is 19.5 Å². The van der Waals surface area contributed by atoms with Crippen molar-refractivity contribution in [1.29, 1.82) is 0 Å². The second-order valence-electron chi connectivity index (χ2n) is 10.0. The Morgan fingerprint density at radius 1 is 0.897 bits per heavy atom. The molecule has 0 aliphatic carbocycles. The Morgan fingerprint density at radius 2 is 1.49 bits per heavy atom. The van der Waals surface area contributed by atoms with Gasteiger partial charge in [-0.1, -0.05) is 97.9 Å². The molecule has 3 aromatic rings. The summed E-state index contributed by atoms with van der Waals surface area (Å²) < 4.78 is 0. The van der Waals surface area contributed by atoms with Crippen molar-refractivity contribution in [1.82, 2.24) is 25.1 Å². The van der Waals surface area contributed by atoms with Crippen LogP contribution in [-0.2, 0) is 22.6 Å². The minimum atomic E-state index is -0.715. The van der Waals surface area contributed by atoms with E-state index in [1.54, 1.807) is 14.9 Å². The van der Waals surface area contributed by atoms with Crippen LogP contribution in [0.5, 0.6) is 0 Å². The second kappa shape index (κ2) is 11.7. The van der Waals surface area contributed by atoms with Gasteiger partial charge < -0.3 is 15.1 Å². The molecule has 8 heteroatoms. The summed E-state index contributed by atoms with van der Waals surface area (Å²) in [7, 11) is 0. The highest BCUT2D eigenvalue weighted by Crippen LogP contribution is 2.32. The maximum absolute atomic E-state index is 14.1. The molecule has 2 heterocycles. The zero-order valence-corrected chi connectivity index (χ0v) is 22.4. The summed E-state index contributed by atoms with van der Waals surface area (Å²) >= 11 is 0. The summed E-state index contributed by atoms with van der Waals surface area (Å²) in [6.07, 6.45) is -0.245. The summed E-state index contributed by atoms with van der Waals surface area (Å²) in [5.41, 5.74) is 2.96. The fourth-order valence-electron chi connectivity index (χ4n) is 5.58. The van der Waals surface area contributed by atoms with Gasteiger partial charge in [-0.15, -0.1) is 0 Å². The van der Waals surface area contributed by atoms with Gasteiger partial charge in [0.05, 0.1) is 19.1 Å². The van der Waals surface area contributed by atoms with Crippen LogP contribution in [0, 0.1) is 0 Å². The average Bonchev–Trinajstić information content (AvgIpc) is 2.98. The van der Waals surface area contributed by atoms with E-state index in [0.29, 0.717) is 19.5 Å². The average molecular weight is 526 g/mol. The molecule has 2 aliphatic rings. The van der Waals surface area contributed by atoms with Gasteiger partial charge in [-0.3, -0.25) is 9.59 Å². The van der Waals surface area contributed by atoms with Gasteiger partial charge in [-0.25, -0.2) is 14.8 Å². The summed E-state index contributed by atoms with van der Waals surface area (Å²) in [5, 5.41) is 6.47. The lowest BCUT2D eigenvalue weighted by atomic mass is 9.96. The van der Waals surface area contributed by atoms with Crippen molar-refractivity contribution >= 4 is 17.8 Å². The van der Waals surface area contributed by atoms with Gasteiger partial charge in [-0.2, -0.15) is 0 Å². The fourth-order valence-corrected chi connectivity index (χ4v) is 5.58. The van der Waals surface area contributed by atoms with Crippen LogP contribution in [0.4, 0.5) is 4.79 Å². The molecular weight excluding hydrogens is 490 g/mol. The minimum Gasteiger partial charge on any atom is -0.333 e. The van der Waals surface area contributed by atoms with Crippen LogP contribution in [0.3, 0.4) is 0 Å². The maximum atomic E-state index is 14.1. The molecule has 2 fully saturated rings. The van der Waals surface area contributed by atoms with Gasteiger partial charge in [0.1, 0.15) is 12.2 Å². The number of rotatable bonds is 7. The van der Waals surface area contributed by atoms with Crippen molar-refractivity contribution in [2.75, 3.05) is 19.6 Å². The number of piperazine rings is 1. The van der Waals surface area contributed by atoms with Crippen molar-refractivity contribution in [3.05, 3.63) is 108 Å². The van der Waals surface area contributed by atoms with E-state index >= 15 is 0 Å². The first-order valence-electron chi connectivity index (χ1n) is 13.5. The highest BCUT2D eigenvalue weighted by atomic mass is 16.2. The number of carbonyl (C=O) groups excluding carboxylic acids is 3. The number of hydrogen-bond acceptors (Lipinski definition) is 4. The molecule has 0 radical (unpaired) electrons. The summed E-state index contributed by atoms with van der Waals surface area (Å²) in [4.78, 5) is 44.9. The molecule has 8 nitrogen and oxygen atoms in total. The third-order valence-electron chi connectivity index (χ3n) is 7.66. The van der Waals surface area contributed by atoms with Gasteiger partial charge in [0.2, 0.25) is 11.8 Å². The monoisotopic (exact) mass is 525 g/mol. The lowest BCUT2D eigenvalue weighted by Gasteiger charge is -2.56. The van der Waals surface area contributed by atoms with E-state index in [4.69, 9.17) is 0 Å². The zero-order valence-electron chi connectivity index (χ0n) is 22.4. The van der Waals surface area contributed by atoms with E-state index in [1.165, 1.54) is 0 Å². The normalized spacial score (nSPS) is 20.5. The number of hydrazine groups is 1. The van der Waals surface area contributed by atoms with Gasteiger partial charge in [-0.05, 0) is 23.6 Å². The second-order valence-corrected chi connectivity index (χ2v) is 10.0. The highest BCUT2D eigenvalue weighted by Gasteiger charge is 2.51. The molecule has 0 bridgehead atoms. The van der Waals surface area contributed by atoms with Crippen LogP contribution in [0.1, 0.15) is 36.6 Å². The first-order chi connectivity index (χ1) is 19.0. The quantitative estimate of drug-likeness (QED) is 0.509. The first-order valence-corrected chi connectivity index (χ1v) is 13.5. The number of hydrogen-bond donors (Lipinski definition) is 1. The molecule has 2 aliphatic heterocycles. The number of nitrogens with zero attached hydrogens (tertiary/aromatic N) is 4. The van der Waals surface area contributed by atoms with Crippen LogP contribution in [0.25, 0.3) is 0 Å². The summed E-state index contributed by atoms with van der Waals surface area (Å²) in [6.45, 7) is 5.05. The van der Waals surface area contributed by atoms with Gasteiger partial charge in [0.15, 0.2) is 0 Å². The third-order valence-corrected chi connectivity index (χ3v) is 7.66. The van der Waals surface area contributed by atoms with Gasteiger partial charge in [0.25, 0.3) is 0 Å². The van der Waals surface area contributed by atoms with Crippen LogP contribution < -0.4 is 5.32 Å². The lowest BCUT2D eigenvalue weighted by molar-refractivity contribution is -0.191. The molecule has 0 saturated carbocycles. The Kier molecular flexibility index (Phi) is 7.93. The molecule has 3 atom stereocenters. The third kappa shape index (κ3) is 5.52. The highest BCUT2D eigenvalue weighted by molar-refractivity contribution is 5.92. The Hall–Kier alpha value is -4.17. The SMILES string of the molecule is CCN1CC(=O)N2[C@@H](Cc3ccccc3)C(=O)N([C@H](C)c3ccccc3)C[C@@H]2N1C(=O)NCc1ccccc1. The molecule has 2 saturated heterocycles. The number of carbonyl (C=O) groups is 3. The standard InChI is InChI=1S/C31H35N5O3/c1-3-33-22-29(37)35-27(19-24-13-7-4-8-14-24)30(38)34(23(2)26-17-11-6-12-18-26)21-28(35)36(33)31(39)32-20-25-15-9-5-10-16-25/h4-18,23,27-28H,3,19-22H2,1-2H3,(H,32,39)/t23-,27+,28+/m1/s1. The van der Waals surface area contributed by atoms with Crippen molar-refractivity contribution in [2.24, 2.45) is 0 Å². The number of nitrogens with one attached hydrogen (secondary N) is 1. The Bertz CT molecular complexity index is 1290. The van der Waals surface area contributed by atoms with Crippen molar-refractivity contribution in [3.8, 4) is 0 Å². The summed E-state index contributed by atoms with van der Waals surface area (Å²) in [6, 6.07) is 28.1. The Balaban J connectivity index is 1.50. The topological polar surface area (TPSA) is 76.2 Å². The number of likely N-dealkylation sites (N-methyl/N-ethyl adjacent to an activating group) is 1. The van der Waals surface area contributed by atoms with Crippen molar-refractivity contribution in [3.63, 3.8) is 0 Å². The van der Waals surface area contributed by atoms with E-state index in [0.717, 1.165) is 16.7 Å². The minimum absolute atomic E-state index is 0.0402. The molecular formula is C31H35N5O3. The van der Waals surface area contributed by atoms with E-state index in [9.17, 15) is 14.4 Å². The maximum Gasteiger partial charge on any atom is 0.334 e. The van der Waals surface area contributed by atoms with Crippen molar-refractivity contribution < 1.29 is 14.4 Å². The summed E-state index contributed by atoms with van der Waals surface area (Å²) in [5.74, 6) is -0.246. The predicted molar refractivity (Wildman–Crippen MR) is 149 cm³/mol. The fraction of sp³-hybridized carbons (Fsp3) is 0.323. The van der Waals surface area contributed by atoms with E-state index < -0.39 is 12.2 Å². The van der Waals surface area contributed by atoms with Crippen LogP contribution in [-0.4, -0.2) is 69.5 Å². The molecule has 3 aromatic carbocycles. The first kappa shape index (κ1) is 26.4. The molecule has 0 spiro atoms. The number of benzene rings is 3. The van der Waals surface area contributed by atoms with Crippen molar-refractivity contribution in [2.45, 2.75) is 45.1 Å². The largest absolute Gasteiger partial charge is 0.334 e. The Labute approximate surface area is 229 Å². The van der Waals surface area contributed by atoms with Crippen LogP contribution in [0.2, 0.25) is 0 Å². The molecule has 1 N–H and O–H groups in total. The smallest absolute Gasteiger partial charge is 0.333 e. The lowest BCUT2D eigenvalue weighted by Crippen LogP contribution is -2.76.